The molecule has 1 N–H and O–H groups in total. The summed E-state index contributed by atoms with van der Waals surface area (Å²) in [6, 6.07) is 3.82. The number of rotatable bonds is 4. The number of nitrogens with zero attached hydrogens (tertiary/aromatic N) is 1. The van der Waals surface area contributed by atoms with Gasteiger partial charge in [-0.2, -0.15) is 0 Å². The highest BCUT2D eigenvalue weighted by atomic mass is 16.5. The van der Waals surface area contributed by atoms with Gasteiger partial charge in [0.25, 0.3) is 0 Å². The summed E-state index contributed by atoms with van der Waals surface area (Å²) in [6.07, 6.45) is 0.801. The lowest BCUT2D eigenvalue weighted by molar-refractivity contribution is -0.138. The van der Waals surface area contributed by atoms with E-state index < -0.39 is 5.97 Å². The van der Waals surface area contributed by atoms with Crippen molar-refractivity contribution in [3.8, 4) is 11.5 Å². The summed E-state index contributed by atoms with van der Waals surface area (Å²) in [5.41, 5.74) is 2.23. The molecule has 18 heavy (non-hydrogen) atoms. The van der Waals surface area contributed by atoms with E-state index >= 15 is 0 Å². The first-order valence-corrected chi connectivity index (χ1v) is 5.82. The Balaban J connectivity index is 2.27. The van der Waals surface area contributed by atoms with Crippen molar-refractivity contribution in [1.82, 2.24) is 4.90 Å². The standard InChI is InChI=1S/C13H17NO4/c1-17-10-5-9-7-14(8-13(15)16)4-3-11(9)12(6-10)18-2/h5-6H,3-4,7-8H2,1-2H3,(H,15,16). The van der Waals surface area contributed by atoms with Crippen molar-refractivity contribution in [1.29, 1.82) is 0 Å². The fraction of sp³-hybridized carbons (Fsp3) is 0.462. The van der Waals surface area contributed by atoms with Gasteiger partial charge in [0, 0.05) is 24.7 Å². The number of carboxylic acids is 1. The fourth-order valence-corrected chi connectivity index (χ4v) is 2.32. The zero-order chi connectivity index (χ0) is 13.1. The van der Waals surface area contributed by atoms with E-state index in [1.165, 1.54) is 0 Å². The molecule has 0 bridgehead atoms. The molecule has 2 rings (SSSR count). The average molecular weight is 251 g/mol. The van der Waals surface area contributed by atoms with Crippen molar-refractivity contribution in [2.75, 3.05) is 27.3 Å². The molecule has 5 nitrogen and oxygen atoms in total. The average Bonchev–Trinajstić information content (AvgIpc) is 2.36. The predicted octanol–water partition coefficient (Wildman–Crippen LogP) is 1.15. The van der Waals surface area contributed by atoms with Crippen molar-refractivity contribution in [2.24, 2.45) is 0 Å². The normalized spacial score (nSPS) is 15.0. The number of fused-ring (bicyclic) bond motifs is 1. The third-order valence-electron chi connectivity index (χ3n) is 3.16. The van der Waals surface area contributed by atoms with Crippen LogP contribution in [0.25, 0.3) is 0 Å². The van der Waals surface area contributed by atoms with Crippen molar-refractivity contribution in [2.45, 2.75) is 13.0 Å². The molecule has 1 aromatic carbocycles. The first kappa shape index (κ1) is 12.7. The molecule has 0 aromatic heterocycles. The summed E-state index contributed by atoms with van der Waals surface area (Å²) >= 11 is 0. The Kier molecular flexibility index (Phi) is 3.72. The number of methoxy groups -OCH3 is 2. The van der Waals surface area contributed by atoms with Crippen LogP contribution in [0.5, 0.6) is 11.5 Å². The van der Waals surface area contributed by atoms with Crippen LogP contribution in [-0.4, -0.2) is 43.3 Å². The minimum atomic E-state index is -0.798. The SMILES string of the molecule is COc1cc2c(c(OC)c1)CCN(CC(=O)O)C2. The second kappa shape index (κ2) is 5.27. The van der Waals surface area contributed by atoms with Gasteiger partial charge in [-0.3, -0.25) is 9.69 Å². The molecule has 0 radical (unpaired) electrons. The van der Waals surface area contributed by atoms with Crippen LogP contribution in [0, 0.1) is 0 Å². The van der Waals surface area contributed by atoms with Gasteiger partial charge >= 0.3 is 5.97 Å². The maximum atomic E-state index is 10.7. The van der Waals surface area contributed by atoms with E-state index in [0.717, 1.165) is 35.6 Å². The van der Waals surface area contributed by atoms with E-state index in [1.54, 1.807) is 14.2 Å². The van der Waals surface area contributed by atoms with E-state index in [4.69, 9.17) is 14.6 Å². The molecule has 1 aliphatic heterocycles. The molecule has 0 atom stereocenters. The highest BCUT2D eigenvalue weighted by Crippen LogP contribution is 2.32. The third kappa shape index (κ3) is 2.56. The zero-order valence-corrected chi connectivity index (χ0v) is 10.6. The maximum absolute atomic E-state index is 10.7. The Hall–Kier alpha value is -1.75. The predicted molar refractivity (Wildman–Crippen MR) is 66.2 cm³/mol. The molecule has 0 spiro atoms. The molecule has 98 valence electrons. The highest BCUT2D eigenvalue weighted by Gasteiger charge is 2.21. The monoisotopic (exact) mass is 251 g/mol. The zero-order valence-electron chi connectivity index (χ0n) is 10.6. The van der Waals surface area contributed by atoms with Crippen LogP contribution in [0.2, 0.25) is 0 Å². The van der Waals surface area contributed by atoms with E-state index in [1.807, 2.05) is 17.0 Å². The molecule has 1 aliphatic rings. The van der Waals surface area contributed by atoms with E-state index in [2.05, 4.69) is 0 Å². The van der Waals surface area contributed by atoms with Gasteiger partial charge in [-0.05, 0) is 18.1 Å². The van der Waals surface area contributed by atoms with Gasteiger partial charge in [0.1, 0.15) is 11.5 Å². The fourth-order valence-electron chi connectivity index (χ4n) is 2.32. The Morgan fingerprint density at radius 3 is 2.78 bits per heavy atom. The number of hydrogen-bond donors (Lipinski definition) is 1. The quantitative estimate of drug-likeness (QED) is 0.869. The first-order chi connectivity index (χ1) is 8.63. The van der Waals surface area contributed by atoms with Gasteiger partial charge in [0.05, 0.1) is 20.8 Å². The van der Waals surface area contributed by atoms with Crippen LogP contribution >= 0.6 is 0 Å². The van der Waals surface area contributed by atoms with Crippen LogP contribution in [0.1, 0.15) is 11.1 Å². The lowest BCUT2D eigenvalue weighted by atomic mass is 9.98. The van der Waals surface area contributed by atoms with E-state index in [0.29, 0.717) is 6.54 Å². The van der Waals surface area contributed by atoms with Crippen molar-refractivity contribution < 1.29 is 19.4 Å². The molecule has 1 heterocycles. The van der Waals surface area contributed by atoms with Crippen LogP contribution in [-0.2, 0) is 17.8 Å². The van der Waals surface area contributed by atoms with Gasteiger partial charge in [-0.15, -0.1) is 0 Å². The Morgan fingerprint density at radius 2 is 2.17 bits per heavy atom. The second-order valence-corrected chi connectivity index (χ2v) is 4.32. The first-order valence-electron chi connectivity index (χ1n) is 5.82. The molecule has 0 saturated heterocycles. The minimum Gasteiger partial charge on any atom is -0.497 e. The van der Waals surface area contributed by atoms with Gasteiger partial charge in [-0.1, -0.05) is 0 Å². The largest absolute Gasteiger partial charge is 0.497 e. The highest BCUT2D eigenvalue weighted by molar-refractivity contribution is 5.69. The van der Waals surface area contributed by atoms with Gasteiger partial charge in [-0.25, -0.2) is 0 Å². The third-order valence-corrected chi connectivity index (χ3v) is 3.16. The van der Waals surface area contributed by atoms with Gasteiger partial charge in [0.15, 0.2) is 0 Å². The molecule has 1 aromatic rings. The summed E-state index contributed by atoms with van der Waals surface area (Å²) in [6.45, 7) is 1.43. The Bertz CT molecular complexity index is 459. The van der Waals surface area contributed by atoms with Crippen LogP contribution < -0.4 is 9.47 Å². The summed E-state index contributed by atoms with van der Waals surface area (Å²) in [5.74, 6) is 0.760. The topological polar surface area (TPSA) is 59.0 Å². The molecule has 0 fully saturated rings. The van der Waals surface area contributed by atoms with Crippen molar-refractivity contribution in [3.63, 3.8) is 0 Å². The molecule has 0 amide bonds. The molecule has 0 aliphatic carbocycles. The van der Waals surface area contributed by atoms with Gasteiger partial charge < -0.3 is 14.6 Å². The summed E-state index contributed by atoms with van der Waals surface area (Å²) in [4.78, 5) is 12.6. The van der Waals surface area contributed by atoms with Crippen molar-refractivity contribution in [3.05, 3.63) is 23.3 Å². The Labute approximate surface area is 106 Å². The Morgan fingerprint density at radius 1 is 1.39 bits per heavy atom. The molecule has 5 heteroatoms. The lowest BCUT2D eigenvalue weighted by Crippen LogP contribution is -2.34. The summed E-state index contributed by atoms with van der Waals surface area (Å²) < 4.78 is 10.6. The second-order valence-electron chi connectivity index (χ2n) is 4.32. The van der Waals surface area contributed by atoms with E-state index in [9.17, 15) is 4.79 Å². The summed E-state index contributed by atoms with van der Waals surface area (Å²) in [7, 11) is 3.25. The van der Waals surface area contributed by atoms with Crippen LogP contribution in [0.4, 0.5) is 0 Å². The number of benzene rings is 1. The number of ether oxygens (including phenoxy) is 2. The number of aliphatic carboxylic acids is 1. The summed E-state index contributed by atoms with van der Waals surface area (Å²) in [5, 5.41) is 8.82. The molecule has 0 saturated carbocycles. The van der Waals surface area contributed by atoms with Crippen molar-refractivity contribution >= 4 is 5.97 Å². The number of carboxylic acid groups (broad SMARTS) is 1. The number of hydrogen-bond acceptors (Lipinski definition) is 4. The van der Waals surface area contributed by atoms with E-state index in [-0.39, 0.29) is 6.54 Å². The molecule has 0 unspecified atom stereocenters. The molecular formula is C13H17NO4. The maximum Gasteiger partial charge on any atom is 0.317 e. The van der Waals surface area contributed by atoms with Crippen LogP contribution in [0.15, 0.2) is 12.1 Å². The minimum absolute atomic E-state index is 0.0684. The lowest BCUT2D eigenvalue weighted by Gasteiger charge is -2.28. The molecular weight excluding hydrogens is 234 g/mol. The van der Waals surface area contributed by atoms with Crippen LogP contribution in [0.3, 0.4) is 0 Å². The van der Waals surface area contributed by atoms with Gasteiger partial charge in [0.2, 0.25) is 0 Å². The number of carbonyl (C=O) groups is 1. The smallest absolute Gasteiger partial charge is 0.317 e.